The zero-order valence-electron chi connectivity index (χ0n) is 14.2. The molecule has 0 spiro atoms. The Morgan fingerprint density at radius 1 is 0.852 bits per heavy atom. The fourth-order valence-electron chi connectivity index (χ4n) is 2.24. The Hall–Kier alpha value is -2.03. The lowest BCUT2D eigenvalue weighted by atomic mass is 10.2. The molecule has 0 aliphatic rings. The third kappa shape index (κ3) is 5.24. The molecule has 0 aliphatic carbocycles. The molecule has 138 valence electrons. The van der Waals surface area contributed by atoms with Gasteiger partial charge in [-0.3, -0.25) is 4.72 Å². The van der Waals surface area contributed by atoms with Crippen LogP contribution in [0.25, 0.3) is 0 Å². The normalized spacial score (nSPS) is 11.7. The summed E-state index contributed by atoms with van der Waals surface area (Å²) in [5.41, 5.74) is 2.38. The fourth-order valence-corrected chi connectivity index (χ4v) is 4.06. The van der Waals surface area contributed by atoms with E-state index in [0.717, 1.165) is 14.5 Å². The molecular weight excluding hydrogens is 494 g/mol. The molecule has 27 heavy (non-hydrogen) atoms. The number of aryl methyl sites for hydroxylation is 1. The summed E-state index contributed by atoms with van der Waals surface area (Å²) in [7, 11) is -3.73. The number of hydrogen-bond donors (Lipinski definition) is 1. The molecule has 0 fully saturated rings. The fraction of sp³-hybridized carbons (Fsp3) is 0.0526. The first-order valence-electron chi connectivity index (χ1n) is 7.90. The second-order valence-electron chi connectivity index (χ2n) is 5.76. The number of sulfonamides is 1. The minimum Gasteiger partial charge on any atom is -0.277 e. The Balaban J connectivity index is 1.93. The van der Waals surface area contributed by atoms with Crippen LogP contribution in [0.2, 0.25) is 0 Å². The Morgan fingerprint density at radius 2 is 1.56 bits per heavy atom. The third-order valence-electron chi connectivity index (χ3n) is 3.62. The van der Waals surface area contributed by atoms with E-state index in [0.29, 0.717) is 17.1 Å². The van der Waals surface area contributed by atoms with Gasteiger partial charge in [-0.05, 0) is 55.5 Å². The van der Waals surface area contributed by atoms with Gasteiger partial charge in [0, 0.05) is 8.95 Å². The van der Waals surface area contributed by atoms with Crippen LogP contribution in [0.15, 0.2) is 90.8 Å². The zero-order valence-corrected chi connectivity index (χ0v) is 18.2. The van der Waals surface area contributed by atoms with Crippen molar-refractivity contribution in [1.82, 2.24) is 0 Å². The maximum atomic E-state index is 12.7. The van der Waals surface area contributed by atoms with E-state index in [-0.39, 0.29) is 4.90 Å². The molecule has 8 heteroatoms. The summed E-state index contributed by atoms with van der Waals surface area (Å²) >= 11 is 6.76. The summed E-state index contributed by atoms with van der Waals surface area (Å²) in [5.74, 6) is 0. The summed E-state index contributed by atoms with van der Waals surface area (Å²) < 4.78 is 29.6. The quantitative estimate of drug-likeness (QED) is 0.388. The Morgan fingerprint density at radius 3 is 2.26 bits per heavy atom. The highest BCUT2D eigenvalue weighted by Gasteiger charge is 2.16. The predicted octanol–water partition coefficient (Wildman–Crippen LogP) is 6.74. The average Bonchev–Trinajstić information content (AvgIpc) is 2.62. The molecule has 5 nitrogen and oxygen atoms in total. The smallest absolute Gasteiger partial charge is 0.261 e. The topological polar surface area (TPSA) is 70.9 Å². The van der Waals surface area contributed by atoms with Crippen molar-refractivity contribution in [3.05, 3.63) is 81.2 Å². The van der Waals surface area contributed by atoms with Crippen LogP contribution in [0.4, 0.5) is 17.1 Å². The molecule has 1 N–H and O–H groups in total. The van der Waals surface area contributed by atoms with E-state index in [2.05, 4.69) is 46.8 Å². The van der Waals surface area contributed by atoms with Gasteiger partial charge in [0.1, 0.15) is 5.69 Å². The Labute approximate surface area is 174 Å². The number of azo groups is 1. The van der Waals surface area contributed by atoms with Crippen molar-refractivity contribution in [2.75, 3.05) is 4.72 Å². The van der Waals surface area contributed by atoms with Gasteiger partial charge in [0.15, 0.2) is 0 Å². The SMILES string of the molecule is Cc1ccc(S(=O)(=O)Nc2ccc(Br)cc2N=Nc2cccc(Br)c2)cc1. The molecule has 0 radical (unpaired) electrons. The number of rotatable bonds is 5. The largest absolute Gasteiger partial charge is 0.277 e. The van der Waals surface area contributed by atoms with Gasteiger partial charge in [0.25, 0.3) is 10.0 Å². The van der Waals surface area contributed by atoms with Crippen molar-refractivity contribution >= 4 is 58.9 Å². The van der Waals surface area contributed by atoms with Gasteiger partial charge < -0.3 is 0 Å². The van der Waals surface area contributed by atoms with E-state index >= 15 is 0 Å². The second-order valence-corrected chi connectivity index (χ2v) is 9.27. The van der Waals surface area contributed by atoms with E-state index < -0.39 is 10.0 Å². The van der Waals surface area contributed by atoms with E-state index in [4.69, 9.17) is 0 Å². The molecule has 0 unspecified atom stereocenters. The standard InChI is InChI=1S/C19H15Br2N3O2S/c1-13-5-8-17(9-6-13)27(25,26)24-18-10-7-15(21)12-19(18)23-22-16-4-2-3-14(20)11-16/h2-12,24H,1H3. The lowest BCUT2D eigenvalue weighted by Gasteiger charge is -2.10. The van der Waals surface area contributed by atoms with Gasteiger partial charge in [-0.25, -0.2) is 8.42 Å². The summed E-state index contributed by atoms with van der Waals surface area (Å²) in [6, 6.07) is 19.1. The average molecular weight is 509 g/mol. The van der Waals surface area contributed by atoms with Gasteiger partial charge in [-0.1, -0.05) is 55.6 Å². The molecule has 3 aromatic carbocycles. The number of halogens is 2. The number of benzene rings is 3. The van der Waals surface area contributed by atoms with Crippen molar-refractivity contribution in [3.8, 4) is 0 Å². The van der Waals surface area contributed by atoms with E-state index in [9.17, 15) is 8.42 Å². The van der Waals surface area contributed by atoms with Crippen molar-refractivity contribution in [2.24, 2.45) is 10.2 Å². The number of hydrogen-bond acceptors (Lipinski definition) is 4. The first kappa shape index (κ1) is 19.7. The highest BCUT2D eigenvalue weighted by atomic mass is 79.9. The molecule has 0 aliphatic heterocycles. The zero-order chi connectivity index (χ0) is 19.4. The maximum Gasteiger partial charge on any atom is 0.261 e. The van der Waals surface area contributed by atoms with Crippen molar-refractivity contribution in [1.29, 1.82) is 0 Å². The Kier molecular flexibility index (Phi) is 6.08. The van der Waals surface area contributed by atoms with Gasteiger partial charge in [0.2, 0.25) is 0 Å². The first-order chi connectivity index (χ1) is 12.8. The molecule has 0 atom stereocenters. The first-order valence-corrected chi connectivity index (χ1v) is 11.0. The van der Waals surface area contributed by atoms with Crippen LogP contribution in [0.5, 0.6) is 0 Å². The monoisotopic (exact) mass is 507 g/mol. The number of nitrogens with one attached hydrogen (secondary N) is 1. The van der Waals surface area contributed by atoms with Gasteiger partial charge in [0.05, 0.1) is 16.3 Å². The highest BCUT2D eigenvalue weighted by Crippen LogP contribution is 2.32. The Bertz CT molecular complexity index is 1100. The third-order valence-corrected chi connectivity index (χ3v) is 5.98. The lowest BCUT2D eigenvalue weighted by molar-refractivity contribution is 0.601. The molecular formula is C19H15Br2N3O2S. The molecule has 3 aromatic rings. The van der Waals surface area contributed by atoms with Crippen LogP contribution >= 0.6 is 31.9 Å². The molecule has 0 bridgehead atoms. The minimum atomic E-state index is -3.73. The summed E-state index contributed by atoms with van der Waals surface area (Å²) in [5, 5.41) is 8.41. The molecule has 0 saturated carbocycles. The van der Waals surface area contributed by atoms with Gasteiger partial charge in [-0.15, -0.1) is 5.11 Å². The van der Waals surface area contributed by atoms with Crippen molar-refractivity contribution < 1.29 is 8.42 Å². The lowest BCUT2D eigenvalue weighted by Crippen LogP contribution is -2.13. The van der Waals surface area contributed by atoms with Crippen LogP contribution in [0.1, 0.15) is 5.56 Å². The molecule has 0 heterocycles. The van der Waals surface area contributed by atoms with Crippen molar-refractivity contribution in [2.45, 2.75) is 11.8 Å². The van der Waals surface area contributed by atoms with Crippen LogP contribution in [-0.2, 0) is 10.0 Å². The van der Waals surface area contributed by atoms with Crippen LogP contribution in [-0.4, -0.2) is 8.42 Å². The predicted molar refractivity (Wildman–Crippen MR) is 114 cm³/mol. The molecule has 0 saturated heterocycles. The summed E-state index contributed by atoms with van der Waals surface area (Å²) in [6.07, 6.45) is 0. The number of nitrogens with zero attached hydrogens (tertiary/aromatic N) is 2. The maximum absolute atomic E-state index is 12.7. The summed E-state index contributed by atoms with van der Waals surface area (Å²) in [6.45, 7) is 1.90. The molecule has 0 amide bonds. The van der Waals surface area contributed by atoms with Gasteiger partial charge in [-0.2, -0.15) is 5.11 Å². The highest BCUT2D eigenvalue weighted by molar-refractivity contribution is 9.10. The van der Waals surface area contributed by atoms with Crippen LogP contribution in [0.3, 0.4) is 0 Å². The van der Waals surface area contributed by atoms with Gasteiger partial charge >= 0.3 is 0 Å². The van der Waals surface area contributed by atoms with Crippen LogP contribution in [0, 0.1) is 6.92 Å². The molecule has 0 aromatic heterocycles. The summed E-state index contributed by atoms with van der Waals surface area (Å²) in [4.78, 5) is 0.186. The minimum absolute atomic E-state index is 0.186. The van der Waals surface area contributed by atoms with Crippen molar-refractivity contribution in [3.63, 3.8) is 0 Å². The van der Waals surface area contributed by atoms with E-state index in [1.807, 2.05) is 31.2 Å². The number of anilines is 1. The van der Waals surface area contributed by atoms with E-state index in [1.165, 1.54) is 0 Å². The molecule has 3 rings (SSSR count). The second kappa shape index (κ2) is 8.33. The van der Waals surface area contributed by atoms with Crippen LogP contribution < -0.4 is 4.72 Å². The van der Waals surface area contributed by atoms with E-state index in [1.54, 1.807) is 42.5 Å².